The molecule has 0 radical (unpaired) electrons. The first kappa shape index (κ1) is 9.83. The van der Waals surface area contributed by atoms with Gasteiger partial charge in [0.25, 0.3) is 0 Å². The zero-order valence-corrected chi connectivity index (χ0v) is 6.92. The Morgan fingerprint density at radius 1 is 1.50 bits per heavy atom. The highest BCUT2D eigenvalue weighted by molar-refractivity contribution is 7.80. The van der Waals surface area contributed by atoms with Gasteiger partial charge in [0.2, 0.25) is 0 Å². The molecule has 0 aliphatic carbocycles. The Bertz CT molecular complexity index is 185. The molecule has 0 aliphatic heterocycles. The van der Waals surface area contributed by atoms with Crippen LogP contribution in [0.2, 0.25) is 0 Å². The van der Waals surface area contributed by atoms with Crippen molar-refractivity contribution in [2.45, 2.75) is 19.9 Å². The Balaban J connectivity index is 3.93. The molecule has 1 N–H and O–H groups in total. The summed E-state index contributed by atoms with van der Waals surface area (Å²) < 4.78 is 32.3. The van der Waals surface area contributed by atoms with Gasteiger partial charge < -0.3 is 0 Å². The van der Waals surface area contributed by atoms with Crippen molar-refractivity contribution < 1.29 is 17.3 Å². The standard InChI is InChI=1S/C4H11NO4S/c1-4(2)5(3)9-10(6,7)8/h4H,1-3H3,(H,6,7,8). The minimum Gasteiger partial charge on any atom is -0.262 e. The van der Waals surface area contributed by atoms with Crippen LogP contribution >= 0.6 is 0 Å². The first-order valence-corrected chi connectivity index (χ1v) is 4.09. The summed E-state index contributed by atoms with van der Waals surface area (Å²) >= 11 is 0. The van der Waals surface area contributed by atoms with Gasteiger partial charge in [0.05, 0.1) is 0 Å². The van der Waals surface area contributed by atoms with Gasteiger partial charge in [0, 0.05) is 13.1 Å². The molecule has 0 spiro atoms. The first-order valence-electron chi connectivity index (χ1n) is 2.73. The smallest absolute Gasteiger partial charge is 0.262 e. The van der Waals surface area contributed by atoms with Crippen LogP contribution in [0.1, 0.15) is 13.8 Å². The Labute approximate surface area is 60.5 Å². The van der Waals surface area contributed by atoms with E-state index >= 15 is 0 Å². The van der Waals surface area contributed by atoms with Crippen molar-refractivity contribution in [3.8, 4) is 0 Å². The molecule has 5 nitrogen and oxygen atoms in total. The number of hydroxylamine groups is 2. The maximum atomic E-state index is 10.0. The van der Waals surface area contributed by atoms with E-state index in [-0.39, 0.29) is 6.04 Å². The summed E-state index contributed by atoms with van der Waals surface area (Å²) in [7, 11) is -2.93. The number of hydrogen-bond acceptors (Lipinski definition) is 4. The van der Waals surface area contributed by atoms with Crippen molar-refractivity contribution in [3.05, 3.63) is 0 Å². The van der Waals surface area contributed by atoms with Crippen molar-refractivity contribution >= 4 is 10.4 Å². The topological polar surface area (TPSA) is 66.8 Å². The van der Waals surface area contributed by atoms with Crippen LogP contribution in [0.3, 0.4) is 0 Å². The lowest BCUT2D eigenvalue weighted by Gasteiger charge is -2.16. The van der Waals surface area contributed by atoms with Gasteiger partial charge in [-0.25, -0.2) is 0 Å². The highest BCUT2D eigenvalue weighted by Crippen LogP contribution is 1.97. The Kier molecular flexibility index (Phi) is 3.23. The monoisotopic (exact) mass is 169 g/mol. The molecule has 0 saturated heterocycles. The van der Waals surface area contributed by atoms with Crippen LogP contribution in [0.4, 0.5) is 0 Å². The predicted molar refractivity (Wildman–Crippen MR) is 35.5 cm³/mol. The highest BCUT2D eigenvalue weighted by atomic mass is 32.3. The third-order valence-electron chi connectivity index (χ3n) is 0.939. The van der Waals surface area contributed by atoms with E-state index < -0.39 is 10.4 Å². The van der Waals surface area contributed by atoms with Gasteiger partial charge in [-0.15, -0.1) is 0 Å². The molecule has 0 aromatic heterocycles. The molecule has 0 aromatic carbocycles. The van der Waals surface area contributed by atoms with E-state index in [1.807, 2.05) is 0 Å². The molecule has 0 heterocycles. The summed E-state index contributed by atoms with van der Waals surface area (Å²) in [6.07, 6.45) is 0. The van der Waals surface area contributed by atoms with Crippen molar-refractivity contribution in [1.82, 2.24) is 5.06 Å². The maximum absolute atomic E-state index is 10.0. The molecule has 10 heavy (non-hydrogen) atoms. The van der Waals surface area contributed by atoms with E-state index in [2.05, 4.69) is 4.28 Å². The van der Waals surface area contributed by atoms with Crippen LogP contribution in [-0.2, 0) is 14.7 Å². The van der Waals surface area contributed by atoms with Gasteiger partial charge in [-0.3, -0.25) is 4.55 Å². The molecule has 6 heteroatoms. The summed E-state index contributed by atoms with van der Waals surface area (Å²) in [5, 5.41) is 1.04. The molecular formula is C4H11NO4S. The number of rotatable bonds is 3. The van der Waals surface area contributed by atoms with Crippen LogP contribution in [0.25, 0.3) is 0 Å². The average molecular weight is 169 g/mol. The van der Waals surface area contributed by atoms with Gasteiger partial charge in [-0.2, -0.15) is 17.8 Å². The molecule has 0 amide bonds. The molecule has 62 valence electrons. The fraction of sp³-hybridized carbons (Fsp3) is 1.00. The third-order valence-corrected chi connectivity index (χ3v) is 1.36. The van der Waals surface area contributed by atoms with Crippen LogP contribution < -0.4 is 0 Å². The minimum absolute atomic E-state index is 0.0954. The normalized spacial score (nSPS) is 13.0. The minimum atomic E-state index is -4.34. The second kappa shape index (κ2) is 3.29. The second-order valence-electron chi connectivity index (χ2n) is 2.14. The largest absolute Gasteiger partial charge is 0.413 e. The highest BCUT2D eigenvalue weighted by Gasteiger charge is 2.12. The second-order valence-corrected chi connectivity index (χ2v) is 3.15. The Morgan fingerprint density at radius 3 is 2.00 bits per heavy atom. The predicted octanol–water partition coefficient (Wildman–Crippen LogP) is 0.0610. The lowest BCUT2D eigenvalue weighted by atomic mass is 10.4. The maximum Gasteiger partial charge on any atom is 0.413 e. The molecular weight excluding hydrogens is 158 g/mol. The molecule has 0 aromatic rings. The van der Waals surface area contributed by atoms with Gasteiger partial charge in [0.1, 0.15) is 0 Å². The lowest BCUT2D eigenvalue weighted by Crippen LogP contribution is -2.29. The fourth-order valence-electron chi connectivity index (χ4n) is 0.235. The van der Waals surface area contributed by atoms with Crippen LogP contribution in [0.5, 0.6) is 0 Å². The zero-order valence-electron chi connectivity index (χ0n) is 6.10. The molecule has 0 fully saturated rings. The zero-order chi connectivity index (χ0) is 8.36. The molecule has 0 unspecified atom stereocenters. The summed E-state index contributed by atoms with van der Waals surface area (Å²) in [5.74, 6) is 0. The number of nitrogens with zero attached hydrogens (tertiary/aromatic N) is 1. The quantitative estimate of drug-likeness (QED) is 0.478. The van der Waals surface area contributed by atoms with E-state index in [0.29, 0.717) is 0 Å². The van der Waals surface area contributed by atoms with Gasteiger partial charge in [-0.1, -0.05) is 0 Å². The Morgan fingerprint density at radius 2 is 1.90 bits per heavy atom. The van der Waals surface area contributed by atoms with E-state index in [1.54, 1.807) is 13.8 Å². The first-order chi connectivity index (χ1) is 4.33. The van der Waals surface area contributed by atoms with Gasteiger partial charge in [-0.05, 0) is 13.8 Å². The molecule has 0 rings (SSSR count). The molecule has 0 bridgehead atoms. The molecule has 0 atom stereocenters. The van der Waals surface area contributed by atoms with E-state index in [9.17, 15) is 8.42 Å². The summed E-state index contributed by atoms with van der Waals surface area (Å²) in [5.41, 5.74) is 0. The lowest BCUT2D eigenvalue weighted by molar-refractivity contribution is -0.0618. The van der Waals surface area contributed by atoms with Crippen LogP contribution in [0.15, 0.2) is 0 Å². The third kappa shape index (κ3) is 4.68. The van der Waals surface area contributed by atoms with E-state index in [1.165, 1.54) is 7.05 Å². The van der Waals surface area contributed by atoms with Crippen molar-refractivity contribution in [1.29, 1.82) is 0 Å². The van der Waals surface area contributed by atoms with Crippen molar-refractivity contribution in [3.63, 3.8) is 0 Å². The average Bonchev–Trinajstić information content (AvgIpc) is 1.60. The molecule has 0 saturated carbocycles. The van der Waals surface area contributed by atoms with Crippen molar-refractivity contribution in [2.75, 3.05) is 7.05 Å². The van der Waals surface area contributed by atoms with Gasteiger partial charge >= 0.3 is 10.4 Å². The van der Waals surface area contributed by atoms with E-state index in [4.69, 9.17) is 4.55 Å². The number of hydrogen-bond donors (Lipinski definition) is 1. The van der Waals surface area contributed by atoms with E-state index in [0.717, 1.165) is 5.06 Å². The van der Waals surface area contributed by atoms with Crippen LogP contribution in [0, 0.1) is 0 Å². The van der Waals surface area contributed by atoms with Crippen molar-refractivity contribution in [2.24, 2.45) is 0 Å². The summed E-state index contributed by atoms with van der Waals surface area (Å²) in [6, 6.07) is -0.0954. The Hall–Kier alpha value is -0.170. The fourth-order valence-corrected chi connectivity index (χ4v) is 0.704. The summed E-state index contributed by atoms with van der Waals surface area (Å²) in [6.45, 7) is 3.45. The van der Waals surface area contributed by atoms with Gasteiger partial charge in [0.15, 0.2) is 0 Å². The molecule has 0 aliphatic rings. The van der Waals surface area contributed by atoms with Crippen LogP contribution in [-0.4, -0.2) is 31.1 Å². The SMILES string of the molecule is CC(C)N(C)OS(=O)(=O)O. The summed E-state index contributed by atoms with van der Waals surface area (Å²) in [4.78, 5) is 0.